The van der Waals surface area contributed by atoms with E-state index in [1.165, 1.54) is 20.0 Å². The number of benzene rings is 1. The van der Waals surface area contributed by atoms with Gasteiger partial charge in [-0.15, -0.1) is 0 Å². The molecule has 2 fully saturated rings. The molecule has 114 valence electrons. The molecule has 1 heterocycles. The predicted octanol–water partition coefficient (Wildman–Crippen LogP) is 1.34. The zero-order valence-electron chi connectivity index (χ0n) is 12.5. The molecule has 1 aromatic carbocycles. The van der Waals surface area contributed by atoms with Gasteiger partial charge in [-0.05, 0) is 24.5 Å². The van der Waals surface area contributed by atoms with E-state index in [2.05, 4.69) is 9.80 Å². The number of ether oxygens (including phenoxy) is 1. The van der Waals surface area contributed by atoms with E-state index < -0.39 is 0 Å². The van der Waals surface area contributed by atoms with Gasteiger partial charge in [0.1, 0.15) is 0 Å². The molecule has 0 bridgehead atoms. The number of methoxy groups -OCH3 is 1. The van der Waals surface area contributed by atoms with Crippen LogP contribution >= 0.6 is 0 Å². The molecule has 0 unspecified atom stereocenters. The van der Waals surface area contributed by atoms with Gasteiger partial charge in [0.05, 0.1) is 12.7 Å². The monoisotopic (exact) mass is 289 g/mol. The van der Waals surface area contributed by atoms with Crippen molar-refractivity contribution >= 4 is 11.7 Å². The van der Waals surface area contributed by atoms with Crippen LogP contribution in [-0.2, 0) is 11.3 Å². The number of carbonyl (C=O) groups is 1. The zero-order valence-corrected chi connectivity index (χ0v) is 12.5. The third-order valence-corrected chi connectivity index (χ3v) is 4.44. The lowest BCUT2D eigenvalue weighted by atomic mass is 10.0. The number of carbonyl (C=O) groups excluding carboxylic acids is 1. The maximum atomic E-state index is 11.9. The Balaban J connectivity index is 1.67. The molecule has 1 saturated carbocycles. The van der Waals surface area contributed by atoms with Gasteiger partial charge in [-0.25, -0.2) is 4.79 Å². The van der Waals surface area contributed by atoms with Crippen molar-refractivity contribution < 1.29 is 9.53 Å². The Morgan fingerprint density at radius 2 is 2.00 bits per heavy atom. The van der Waals surface area contributed by atoms with E-state index in [1.807, 2.05) is 12.1 Å². The normalized spacial score (nSPS) is 20.4. The molecule has 0 spiro atoms. The van der Waals surface area contributed by atoms with Crippen LogP contribution in [0.3, 0.4) is 0 Å². The van der Waals surface area contributed by atoms with Crippen molar-refractivity contribution in [1.29, 1.82) is 0 Å². The Morgan fingerprint density at radius 3 is 2.62 bits per heavy atom. The maximum absolute atomic E-state index is 11.9. The van der Waals surface area contributed by atoms with Gasteiger partial charge >= 0.3 is 5.97 Å². The number of piperazine rings is 1. The molecule has 2 aliphatic rings. The van der Waals surface area contributed by atoms with Crippen molar-refractivity contribution in [3.8, 4) is 0 Å². The van der Waals surface area contributed by atoms with E-state index >= 15 is 0 Å². The minimum absolute atomic E-state index is 0.347. The van der Waals surface area contributed by atoms with E-state index in [0.717, 1.165) is 44.3 Å². The van der Waals surface area contributed by atoms with E-state index in [0.29, 0.717) is 11.3 Å². The molecular weight excluding hydrogens is 266 g/mol. The molecule has 1 aromatic rings. The second-order valence-electron chi connectivity index (χ2n) is 5.92. The van der Waals surface area contributed by atoms with Gasteiger partial charge in [-0.1, -0.05) is 12.1 Å². The standard InChI is InChI=1S/C16H23N3O2/c1-21-16(20)15-12(3-2-4-14(15)17)11-18-7-9-19(10-8-18)13-5-6-13/h2-4,13H,5-11,17H2,1H3. The largest absolute Gasteiger partial charge is 0.465 e. The third kappa shape index (κ3) is 3.19. The first-order chi connectivity index (χ1) is 10.2. The number of hydrogen-bond donors (Lipinski definition) is 1. The Hall–Kier alpha value is -1.59. The second-order valence-corrected chi connectivity index (χ2v) is 5.92. The number of rotatable bonds is 4. The van der Waals surface area contributed by atoms with Crippen LogP contribution in [-0.4, -0.2) is 55.1 Å². The summed E-state index contributed by atoms with van der Waals surface area (Å²) in [6.45, 7) is 5.10. The zero-order chi connectivity index (χ0) is 14.8. The Morgan fingerprint density at radius 1 is 1.29 bits per heavy atom. The molecule has 0 aromatic heterocycles. The summed E-state index contributed by atoms with van der Waals surface area (Å²) in [5, 5.41) is 0. The van der Waals surface area contributed by atoms with Crippen molar-refractivity contribution in [2.45, 2.75) is 25.4 Å². The summed E-state index contributed by atoms with van der Waals surface area (Å²) >= 11 is 0. The molecule has 3 rings (SSSR count). The number of esters is 1. The van der Waals surface area contributed by atoms with Crippen LogP contribution in [0.25, 0.3) is 0 Å². The molecule has 0 radical (unpaired) electrons. The quantitative estimate of drug-likeness (QED) is 0.669. The summed E-state index contributed by atoms with van der Waals surface area (Å²) in [6.07, 6.45) is 2.73. The Bertz CT molecular complexity index is 520. The fourth-order valence-corrected chi connectivity index (χ4v) is 3.07. The lowest BCUT2D eigenvalue weighted by Crippen LogP contribution is -2.46. The fourth-order valence-electron chi connectivity index (χ4n) is 3.07. The maximum Gasteiger partial charge on any atom is 0.340 e. The van der Waals surface area contributed by atoms with Crippen LogP contribution in [0.15, 0.2) is 18.2 Å². The lowest BCUT2D eigenvalue weighted by Gasteiger charge is -2.35. The minimum Gasteiger partial charge on any atom is -0.465 e. The highest BCUT2D eigenvalue weighted by atomic mass is 16.5. The van der Waals surface area contributed by atoms with Gasteiger partial charge in [0.25, 0.3) is 0 Å². The molecule has 2 N–H and O–H groups in total. The molecular formula is C16H23N3O2. The summed E-state index contributed by atoms with van der Waals surface area (Å²) in [5.74, 6) is -0.347. The highest BCUT2D eigenvalue weighted by molar-refractivity contribution is 5.96. The molecule has 0 amide bonds. The first-order valence-corrected chi connectivity index (χ1v) is 7.61. The average Bonchev–Trinajstić information content (AvgIpc) is 3.32. The SMILES string of the molecule is COC(=O)c1c(N)cccc1CN1CCN(C2CC2)CC1. The van der Waals surface area contributed by atoms with Crippen molar-refractivity contribution in [2.24, 2.45) is 0 Å². The first-order valence-electron chi connectivity index (χ1n) is 7.61. The number of hydrogen-bond acceptors (Lipinski definition) is 5. The van der Waals surface area contributed by atoms with Crippen molar-refractivity contribution in [1.82, 2.24) is 9.80 Å². The summed E-state index contributed by atoms with van der Waals surface area (Å²) in [4.78, 5) is 16.9. The van der Waals surface area contributed by atoms with Crippen molar-refractivity contribution in [3.63, 3.8) is 0 Å². The van der Waals surface area contributed by atoms with Crippen LogP contribution in [0.1, 0.15) is 28.8 Å². The van der Waals surface area contributed by atoms with Crippen LogP contribution in [0, 0.1) is 0 Å². The summed E-state index contributed by atoms with van der Waals surface area (Å²) in [6, 6.07) is 6.46. The fraction of sp³-hybridized carbons (Fsp3) is 0.562. The predicted molar refractivity (Wildman–Crippen MR) is 82.1 cm³/mol. The number of anilines is 1. The van der Waals surface area contributed by atoms with Crippen LogP contribution in [0.4, 0.5) is 5.69 Å². The van der Waals surface area contributed by atoms with Gasteiger partial charge in [0, 0.05) is 44.5 Å². The Kier molecular flexibility index (Phi) is 4.12. The van der Waals surface area contributed by atoms with E-state index in [4.69, 9.17) is 10.5 Å². The highest BCUT2D eigenvalue weighted by Gasteiger charge is 2.31. The first kappa shape index (κ1) is 14.4. The topological polar surface area (TPSA) is 58.8 Å². The van der Waals surface area contributed by atoms with E-state index in [-0.39, 0.29) is 5.97 Å². The van der Waals surface area contributed by atoms with Crippen molar-refractivity contribution in [2.75, 3.05) is 39.0 Å². The molecule has 1 aliphatic heterocycles. The smallest absolute Gasteiger partial charge is 0.340 e. The van der Waals surface area contributed by atoms with Gasteiger partial charge in [0.2, 0.25) is 0 Å². The molecule has 21 heavy (non-hydrogen) atoms. The Labute approximate surface area is 125 Å². The summed E-state index contributed by atoms with van der Waals surface area (Å²) < 4.78 is 4.86. The number of nitrogen functional groups attached to an aromatic ring is 1. The van der Waals surface area contributed by atoms with Crippen LogP contribution in [0.5, 0.6) is 0 Å². The van der Waals surface area contributed by atoms with Gasteiger partial charge in [-0.2, -0.15) is 0 Å². The number of nitrogens with two attached hydrogens (primary N) is 1. The van der Waals surface area contributed by atoms with Crippen molar-refractivity contribution in [3.05, 3.63) is 29.3 Å². The third-order valence-electron chi connectivity index (χ3n) is 4.44. The minimum atomic E-state index is -0.347. The van der Waals surface area contributed by atoms with E-state index in [9.17, 15) is 4.79 Å². The van der Waals surface area contributed by atoms with Gasteiger partial charge in [-0.3, -0.25) is 9.80 Å². The van der Waals surface area contributed by atoms with Crippen LogP contribution in [0.2, 0.25) is 0 Å². The molecule has 5 heteroatoms. The molecule has 0 atom stereocenters. The average molecular weight is 289 g/mol. The van der Waals surface area contributed by atoms with Crippen LogP contribution < -0.4 is 5.73 Å². The molecule has 1 aliphatic carbocycles. The lowest BCUT2D eigenvalue weighted by molar-refractivity contribution is 0.0598. The van der Waals surface area contributed by atoms with Gasteiger partial charge in [0.15, 0.2) is 0 Å². The number of nitrogens with zero attached hydrogens (tertiary/aromatic N) is 2. The molecule has 1 saturated heterocycles. The summed E-state index contributed by atoms with van der Waals surface area (Å²) in [5.41, 5.74) is 7.92. The molecule has 5 nitrogen and oxygen atoms in total. The summed E-state index contributed by atoms with van der Waals surface area (Å²) in [7, 11) is 1.40. The van der Waals surface area contributed by atoms with Gasteiger partial charge < -0.3 is 10.5 Å². The second kappa shape index (κ2) is 6.03. The highest BCUT2D eigenvalue weighted by Crippen LogP contribution is 2.28. The van der Waals surface area contributed by atoms with E-state index in [1.54, 1.807) is 6.07 Å².